The number of anilines is 1. The van der Waals surface area contributed by atoms with Crippen molar-refractivity contribution >= 4 is 16.7 Å². The van der Waals surface area contributed by atoms with Gasteiger partial charge in [-0.2, -0.15) is 4.37 Å². The highest BCUT2D eigenvalue weighted by atomic mass is 32.1. The van der Waals surface area contributed by atoms with Crippen LogP contribution >= 0.6 is 11.5 Å². The van der Waals surface area contributed by atoms with Gasteiger partial charge in [-0.3, -0.25) is 0 Å². The third-order valence-corrected chi connectivity index (χ3v) is 2.38. The zero-order valence-corrected chi connectivity index (χ0v) is 9.77. The number of hydrogen-bond acceptors (Lipinski definition) is 4. The summed E-state index contributed by atoms with van der Waals surface area (Å²) < 4.78 is 4.23. The van der Waals surface area contributed by atoms with Crippen LogP contribution in [0, 0.1) is 12.3 Å². The van der Waals surface area contributed by atoms with Gasteiger partial charge < -0.3 is 5.32 Å². The van der Waals surface area contributed by atoms with E-state index in [1.165, 1.54) is 11.5 Å². The minimum Gasteiger partial charge on any atom is -0.345 e. The van der Waals surface area contributed by atoms with Gasteiger partial charge in [-0.25, -0.2) is 4.98 Å². The molecule has 0 aliphatic rings. The average Bonchev–Trinajstić information content (AvgIpc) is 2.52. The molecule has 0 aliphatic heterocycles. The van der Waals surface area contributed by atoms with Gasteiger partial charge in [-0.1, -0.05) is 19.8 Å². The van der Waals surface area contributed by atoms with Crippen molar-refractivity contribution < 1.29 is 0 Å². The smallest absolute Gasteiger partial charge is 0.203 e. The number of terminal acetylenes is 1. The maximum atomic E-state index is 5.36. The van der Waals surface area contributed by atoms with Gasteiger partial charge in [0.2, 0.25) is 5.13 Å². The van der Waals surface area contributed by atoms with Crippen molar-refractivity contribution in [2.24, 2.45) is 0 Å². The lowest BCUT2D eigenvalue weighted by atomic mass is 10.1. The van der Waals surface area contributed by atoms with Crippen molar-refractivity contribution in [1.82, 2.24) is 9.36 Å². The standard InChI is InChI=1S/C10H15N3S/c1-6-10(4,5)12-9-11-8(7(2)3)13-14-9/h1,7H,2-5H3,(H,11,12,13). The number of aromatic nitrogens is 2. The summed E-state index contributed by atoms with van der Waals surface area (Å²) in [6, 6.07) is 0. The topological polar surface area (TPSA) is 37.8 Å². The summed E-state index contributed by atoms with van der Waals surface area (Å²) in [5, 5.41) is 3.94. The zero-order valence-electron chi connectivity index (χ0n) is 8.96. The molecule has 14 heavy (non-hydrogen) atoms. The van der Waals surface area contributed by atoms with Crippen molar-refractivity contribution in [1.29, 1.82) is 0 Å². The minimum absolute atomic E-state index is 0.357. The summed E-state index contributed by atoms with van der Waals surface area (Å²) in [6.45, 7) is 8.00. The molecule has 0 fully saturated rings. The molecule has 4 heteroatoms. The molecule has 3 nitrogen and oxygen atoms in total. The highest BCUT2D eigenvalue weighted by Crippen LogP contribution is 2.20. The SMILES string of the molecule is C#CC(C)(C)Nc1nc(C(C)C)ns1. The van der Waals surface area contributed by atoms with Crippen molar-refractivity contribution in [2.75, 3.05) is 5.32 Å². The van der Waals surface area contributed by atoms with Crippen LogP contribution in [0.4, 0.5) is 5.13 Å². The summed E-state index contributed by atoms with van der Waals surface area (Å²) >= 11 is 1.35. The Morgan fingerprint density at radius 1 is 1.50 bits per heavy atom. The van der Waals surface area contributed by atoms with Gasteiger partial charge in [0.25, 0.3) is 0 Å². The van der Waals surface area contributed by atoms with Crippen LogP contribution in [-0.4, -0.2) is 14.9 Å². The van der Waals surface area contributed by atoms with E-state index in [1.807, 2.05) is 13.8 Å². The molecule has 76 valence electrons. The lowest BCUT2D eigenvalue weighted by molar-refractivity contribution is 0.735. The van der Waals surface area contributed by atoms with Crippen LogP contribution < -0.4 is 5.32 Å². The van der Waals surface area contributed by atoms with Crippen LogP contribution in [0.5, 0.6) is 0 Å². The van der Waals surface area contributed by atoms with Gasteiger partial charge in [-0.15, -0.1) is 6.42 Å². The molecule has 1 aromatic heterocycles. The van der Waals surface area contributed by atoms with E-state index in [0.29, 0.717) is 5.92 Å². The molecule has 0 unspecified atom stereocenters. The Bertz CT molecular complexity index is 346. The molecule has 0 saturated heterocycles. The highest BCUT2D eigenvalue weighted by molar-refractivity contribution is 7.09. The van der Waals surface area contributed by atoms with Gasteiger partial charge in [0.05, 0.1) is 5.54 Å². The molecule has 1 heterocycles. The second-order valence-corrected chi connectivity index (χ2v) is 4.76. The Balaban J connectivity index is 2.75. The van der Waals surface area contributed by atoms with E-state index < -0.39 is 0 Å². The fraction of sp³-hybridized carbons (Fsp3) is 0.600. The van der Waals surface area contributed by atoms with E-state index in [4.69, 9.17) is 6.42 Å². The largest absolute Gasteiger partial charge is 0.345 e. The monoisotopic (exact) mass is 209 g/mol. The first-order chi connectivity index (χ1) is 6.44. The van der Waals surface area contributed by atoms with Gasteiger partial charge in [0.15, 0.2) is 0 Å². The normalized spacial score (nSPS) is 11.4. The van der Waals surface area contributed by atoms with Crippen LogP contribution in [-0.2, 0) is 0 Å². The van der Waals surface area contributed by atoms with Gasteiger partial charge >= 0.3 is 0 Å². The molecule has 0 aromatic carbocycles. The van der Waals surface area contributed by atoms with E-state index in [2.05, 4.69) is 34.4 Å². The maximum Gasteiger partial charge on any atom is 0.203 e. The van der Waals surface area contributed by atoms with Gasteiger partial charge in [0, 0.05) is 17.5 Å². The quantitative estimate of drug-likeness (QED) is 0.777. The van der Waals surface area contributed by atoms with Crippen LogP contribution in [0.2, 0.25) is 0 Å². The van der Waals surface area contributed by atoms with Crippen molar-refractivity contribution in [3.63, 3.8) is 0 Å². The van der Waals surface area contributed by atoms with Crippen LogP contribution in [0.1, 0.15) is 39.4 Å². The van der Waals surface area contributed by atoms with Crippen molar-refractivity contribution in [3.05, 3.63) is 5.82 Å². The summed E-state index contributed by atoms with van der Waals surface area (Å²) in [6.07, 6.45) is 5.36. The highest BCUT2D eigenvalue weighted by Gasteiger charge is 2.16. The van der Waals surface area contributed by atoms with E-state index in [1.54, 1.807) is 0 Å². The average molecular weight is 209 g/mol. The van der Waals surface area contributed by atoms with Crippen LogP contribution in [0.15, 0.2) is 0 Å². The van der Waals surface area contributed by atoms with E-state index in [-0.39, 0.29) is 5.54 Å². The van der Waals surface area contributed by atoms with Crippen LogP contribution in [0.3, 0.4) is 0 Å². The molecule has 0 aliphatic carbocycles. The zero-order chi connectivity index (χ0) is 10.8. The lowest BCUT2D eigenvalue weighted by Gasteiger charge is -2.17. The second kappa shape index (κ2) is 3.97. The Labute approximate surface area is 89.1 Å². The van der Waals surface area contributed by atoms with E-state index in [9.17, 15) is 0 Å². The van der Waals surface area contributed by atoms with Crippen molar-refractivity contribution in [2.45, 2.75) is 39.2 Å². The lowest BCUT2D eigenvalue weighted by Crippen LogP contribution is -2.28. The predicted molar refractivity (Wildman–Crippen MR) is 60.5 cm³/mol. The second-order valence-electron chi connectivity index (χ2n) is 4.01. The van der Waals surface area contributed by atoms with Gasteiger partial charge in [0.1, 0.15) is 5.82 Å². The molecule has 0 atom stereocenters. The molecule has 0 bridgehead atoms. The number of nitrogens with one attached hydrogen (secondary N) is 1. The molecule has 1 rings (SSSR count). The molecular weight excluding hydrogens is 194 g/mol. The first-order valence-electron chi connectivity index (χ1n) is 4.54. The first kappa shape index (κ1) is 11.0. The molecule has 1 aromatic rings. The third kappa shape index (κ3) is 2.71. The molecule has 0 saturated carbocycles. The number of rotatable bonds is 3. The van der Waals surface area contributed by atoms with Crippen molar-refractivity contribution in [3.8, 4) is 12.3 Å². The predicted octanol–water partition coefficient (Wildman–Crippen LogP) is 2.49. The van der Waals surface area contributed by atoms with Crippen LogP contribution in [0.25, 0.3) is 0 Å². The molecule has 0 spiro atoms. The van der Waals surface area contributed by atoms with E-state index in [0.717, 1.165) is 11.0 Å². The Morgan fingerprint density at radius 2 is 2.14 bits per heavy atom. The fourth-order valence-corrected chi connectivity index (χ4v) is 1.69. The molecular formula is C10H15N3S. The third-order valence-electron chi connectivity index (χ3n) is 1.74. The Hall–Kier alpha value is -1.08. The molecule has 0 amide bonds. The number of hydrogen-bond donors (Lipinski definition) is 1. The van der Waals surface area contributed by atoms with E-state index >= 15 is 0 Å². The Morgan fingerprint density at radius 3 is 2.57 bits per heavy atom. The first-order valence-corrected chi connectivity index (χ1v) is 5.31. The summed E-state index contributed by atoms with van der Waals surface area (Å²) in [5.74, 6) is 3.88. The number of nitrogens with zero attached hydrogens (tertiary/aromatic N) is 2. The maximum absolute atomic E-state index is 5.36. The summed E-state index contributed by atoms with van der Waals surface area (Å²) in [4.78, 5) is 4.34. The molecule has 1 N–H and O–H groups in total. The summed E-state index contributed by atoms with van der Waals surface area (Å²) in [5.41, 5.74) is -0.367. The van der Waals surface area contributed by atoms with Gasteiger partial charge in [-0.05, 0) is 13.8 Å². The minimum atomic E-state index is -0.367. The summed E-state index contributed by atoms with van der Waals surface area (Å²) in [7, 11) is 0. The Kier molecular flexibility index (Phi) is 3.12. The molecule has 0 radical (unpaired) electrons. The fourth-order valence-electron chi connectivity index (χ4n) is 0.824.